The molecule has 2 aliphatic rings. The van der Waals surface area contributed by atoms with Crippen molar-refractivity contribution < 1.29 is 8.83 Å². The predicted octanol–water partition coefficient (Wildman–Crippen LogP) is 23.1. The summed E-state index contributed by atoms with van der Waals surface area (Å²) in [7, 11) is 0. The second-order valence-corrected chi connectivity index (χ2v) is 26.3. The topological polar surface area (TPSA) is 29.5 Å². The number of rotatable bonds is 10. The lowest BCUT2D eigenvalue weighted by molar-refractivity contribution is 0.163. The zero-order valence-electron chi connectivity index (χ0n) is 49.3. The number of benzene rings is 11. The van der Waals surface area contributed by atoms with Gasteiger partial charge in [-0.15, -0.1) is 0 Å². The summed E-state index contributed by atoms with van der Waals surface area (Å²) in [5.74, 6) is 1.56. The van der Waals surface area contributed by atoms with E-state index < -0.39 is 5.41 Å². The fraction of sp³-hybridized carbons (Fsp3) is 0.185. The first-order chi connectivity index (χ1) is 40.7. The maximum absolute atomic E-state index is 6.24. The lowest BCUT2D eigenvalue weighted by Gasteiger charge is -2.39. The summed E-state index contributed by atoms with van der Waals surface area (Å²) in [6.45, 7) is 19.3. The number of nitrogens with zero attached hydrogens (tertiary/aromatic N) is 1. The molecule has 1 spiro atoms. The predicted molar refractivity (Wildman–Crippen MR) is 353 cm³/mol. The van der Waals surface area contributed by atoms with Gasteiger partial charge >= 0.3 is 0 Å². The van der Waals surface area contributed by atoms with Gasteiger partial charge in [-0.25, -0.2) is 0 Å². The molecule has 0 N–H and O–H groups in total. The molecule has 0 aliphatic heterocycles. The Morgan fingerprint density at radius 2 is 0.738 bits per heavy atom. The van der Waals surface area contributed by atoms with Crippen LogP contribution in [0.4, 0.5) is 17.1 Å². The molecule has 3 nitrogen and oxygen atoms in total. The average Bonchev–Trinajstić information content (AvgIpc) is 1.55. The van der Waals surface area contributed by atoms with Crippen molar-refractivity contribution in [3.8, 4) is 55.6 Å². The molecule has 11 aromatic carbocycles. The molecule has 0 fully saturated rings. The number of anilines is 3. The summed E-state index contributed by atoms with van der Waals surface area (Å²) < 4.78 is 12.5. The molecule has 13 aromatic rings. The van der Waals surface area contributed by atoms with Gasteiger partial charge in [-0.1, -0.05) is 219 Å². The number of para-hydroxylation sites is 2. The summed E-state index contributed by atoms with van der Waals surface area (Å²) in [4.78, 5) is 2.44. The van der Waals surface area contributed by atoms with Crippen molar-refractivity contribution in [2.45, 2.75) is 73.1 Å². The Bertz CT molecular complexity index is 4520. The second-order valence-electron chi connectivity index (χ2n) is 26.3. The van der Waals surface area contributed by atoms with E-state index in [1.54, 1.807) is 0 Å². The van der Waals surface area contributed by atoms with Gasteiger partial charge in [-0.2, -0.15) is 0 Å². The molecule has 2 heterocycles. The highest BCUT2D eigenvalue weighted by Gasteiger charge is 2.52. The van der Waals surface area contributed by atoms with Crippen LogP contribution in [0.2, 0.25) is 0 Å². The third kappa shape index (κ3) is 8.29. The van der Waals surface area contributed by atoms with Gasteiger partial charge in [0.05, 0.1) is 5.41 Å². The van der Waals surface area contributed by atoms with Crippen molar-refractivity contribution in [1.29, 1.82) is 0 Å². The van der Waals surface area contributed by atoms with Crippen molar-refractivity contribution in [1.82, 2.24) is 0 Å². The van der Waals surface area contributed by atoms with Crippen LogP contribution in [0.1, 0.15) is 95.5 Å². The van der Waals surface area contributed by atoms with Gasteiger partial charge in [0.2, 0.25) is 0 Å². The van der Waals surface area contributed by atoms with Crippen LogP contribution in [-0.4, -0.2) is 0 Å². The number of fused-ring (bicyclic) bond motifs is 16. The Morgan fingerprint density at radius 3 is 1.25 bits per heavy atom. The van der Waals surface area contributed by atoms with Crippen LogP contribution < -0.4 is 4.90 Å². The Kier molecular flexibility index (Phi) is 12.0. The molecule has 4 unspecified atom stereocenters. The molecule has 0 saturated heterocycles. The first kappa shape index (κ1) is 51.7. The number of furan rings is 2. The molecule has 2 aromatic heterocycles. The molecule has 2 aliphatic carbocycles. The molecule has 84 heavy (non-hydrogen) atoms. The van der Waals surface area contributed by atoms with E-state index in [1.807, 2.05) is 24.3 Å². The zero-order valence-corrected chi connectivity index (χ0v) is 49.3. The van der Waals surface area contributed by atoms with Crippen molar-refractivity contribution >= 4 is 60.9 Å². The van der Waals surface area contributed by atoms with E-state index in [0.717, 1.165) is 89.6 Å². The molecule has 15 rings (SSSR count). The normalized spacial score (nSPS) is 15.6. The second kappa shape index (κ2) is 19.5. The molecule has 0 radical (unpaired) electrons. The van der Waals surface area contributed by atoms with Crippen LogP contribution in [-0.2, 0) is 5.41 Å². The molecule has 4 atom stereocenters. The molecule has 0 saturated carbocycles. The Balaban J connectivity index is 0.865. The van der Waals surface area contributed by atoms with Gasteiger partial charge in [-0.3, -0.25) is 0 Å². The Labute approximate surface area is 493 Å². The van der Waals surface area contributed by atoms with Crippen molar-refractivity contribution in [2.24, 2.45) is 22.7 Å². The standard InChI is InChI=1S/C81H69NO2/c1-50(79(3,4)5)45-68(51(2)80(6,7)8)55-27-25-52(26-28-55)58-33-41-64-62-17-9-13-21-71(62)81(73(64)48-58)72-22-14-10-18-63(72)65-42-40-61(49-74(65)81)82(59-36-29-53(30-37-59)56-34-43-77-69(46-56)66-19-11-15-23-75(66)83-77)60-38-31-54(32-39-60)57-35-44-78-70(47-57)67-20-12-16-24-76(67)84-78/h9-44,46-51,68H,45H2,1-8H3. The summed E-state index contributed by atoms with van der Waals surface area (Å²) in [6.07, 6.45) is 1.16. The zero-order chi connectivity index (χ0) is 57.2. The summed E-state index contributed by atoms with van der Waals surface area (Å²) in [6, 6.07) is 90.5. The molecule has 0 amide bonds. The van der Waals surface area contributed by atoms with Crippen LogP contribution in [0.25, 0.3) is 99.5 Å². The van der Waals surface area contributed by atoms with Gasteiger partial charge in [0.15, 0.2) is 0 Å². The monoisotopic (exact) mass is 1090 g/mol. The maximum Gasteiger partial charge on any atom is 0.135 e. The van der Waals surface area contributed by atoms with E-state index in [9.17, 15) is 0 Å². The highest BCUT2D eigenvalue weighted by molar-refractivity contribution is 6.07. The lowest BCUT2D eigenvalue weighted by atomic mass is 9.66. The minimum atomic E-state index is -0.564. The molecule has 410 valence electrons. The minimum Gasteiger partial charge on any atom is -0.456 e. The third-order valence-corrected chi connectivity index (χ3v) is 19.7. The highest BCUT2D eigenvalue weighted by atomic mass is 16.3. The maximum atomic E-state index is 6.24. The van der Waals surface area contributed by atoms with Gasteiger partial charge in [0.1, 0.15) is 22.3 Å². The van der Waals surface area contributed by atoms with Crippen LogP contribution in [0.5, 0.6) is 0 Å². The quantitative estimate of drug-likeness (QED) is 0.137. The first-order valence-corrected chi connectivity index (χ1v) is 30.1. The first-order valence-electron chi connectivity index (χ1n) is 30.1. The van der Waals surface area contributed by atoms with E-state index in [-0.39, 0.29) is 10.8 Å². The van der Waals surface area contributed by atoms with Crippen LogP contribution in [0.15, 0.2) is 251 Å². The highest BCUT2D eigenvalue weighted by Crippen LogP contribution is 2.64. The number of hydrogen-bond donors (Lipinski definition) is 0. The van der Waals surface area contributed by atoms with Gasteiger partial charge in [-0.05, 0) is 197 Å². The Hall–Kier alpha value is -9.18. The van der Waals surface area contributed by atoms with E-state index >= 15 is 0 Å². The Morgan fingerprint density at radius 1 is 0.345 bits per heavy atom. The van der Waals surface area contributed by atoms with Crippen LogP contribution >= 0.6 is 0 Å². The van der Waals surface area contributed by atoms with E-state index in [4.69, 9.17) is 8.83 Å². The fourth-order valence-corrected chi connectivity index (χ4v) is 14.2. The summed E-state index contributed by atoms with van der Waals surface area (Å²) in [5, 5.41) is 4.50. The number of hydrogen-bond acceptors (Lipinski definition) is 3. The van der Waals surface area contributed by atoms with Crippen molar-refractivity contribution in [3.63, 3.8) is 0 Å². The summed E-state index contributed by atoms with van der Waals surface area (Å²) >= 11 is 0. The smallest absolute Gasteiger partial charge is 0.135 e. The van der Waals surface area contributed by atoms with Gasteiger partial charge in [0, 0.05) is 38.6 Å². The average molecular weight is 1090 g/mol. The third-order valence-electron chi connectivity index (χ3n) is 19.7. The molecule has 0 bridgehead atoms. The van der Waals surface area contributed by atoms with E-state index in [1.165, 1.54) is 61.2 Å². The SMILES string of the molecule is CC(CC(c1ccc(-c2ccc3c(c2)C2(c4ccccc4-3)c3ccccc3-c3ccc(N(c4ccc(-c5ccc6oc7ccccc7c6c5)cc4)c4ccc(-c5ccc6oc7ccccc7c6c5)cc4)cc32)cc1)C(C)C(C)(C)C)C(C)(C)C. The van der Waals surface area contributed by atoms with Gasteiger partial charge in [0.25, 0.3) is 0 Å². The van der Waals surface area contributed by atoms with E-state index in [0.29, 0.717) is 17.8 Å². The van der Waals surface area contributed by atoms with Crippen molar-refractivity contribution in [2.75, 3.05) is 4.90 Å². The summed E-state index contributed by atoms with van der Waals surface area (Å²) in [5.41, 5.74) is 25.6. The molecular formula is C81H69NO2. The van der Waals surface area contributed by atoms with Crippen LogP contribution in [0.3, 0.4) is 0 Å². The van der Waals surface area contributed by atoms with E-state index in [2.05, 4.69) is 279 Å². The minimum absolute atomic E-state index is 0.186. The lowest BCUT2D eigenvalue weighted by Crippen LogP contribution is -2.28. The van der Waals surface area contributed by atoms with Crippen LogP contribution in [0, 0.1) is 22.7 Å². The van der Waals surface area contributed by atoms with Crippen molar-refractivity contribution in [3.05, 3.63) is 270 Å². The van der Waals surface area contributed by atoms with Gasteiger partial charge < -0.3 is 13.7 Å². The largest absolute Gasteiger partial charge is 0.456 e. The molecule has 3 heteroatoms. The fourth-order valence-electron chi connectivity index (χ4n) is 14.2. The molecular weight excluding hydrogens is 1020 g/mol.